The van der Waals surface area contributed by atoms with E-state index >= 15 is 0 Å². The molecular formula is C11H20F3N3. The Morgan fingerprint density at radius 3 is 2.65 bits per heavy atom. The molecule has 2 unspecified atom stereocenters. The molecule has 0 bridgehead atoms. The number of rotatable bonds is 2. The number of piperazine rings is 1. The first-order valence-electron chi connectivity index (χ1n) is 6.28. The van der Waals surface area contributed by atoms with Crippen LogP contribution in [0.1, 0.15) is 13.3 Å². The smallest absolute Gasteiger partial charge is 0.314 e. The number of nitrogens with zero attached hydrogens (tertiary/aromatic N) is 2. The van der Waals surface area contributed by atoms with Gasteiger partial charge in [0.1, 0.15) is 6.04 Å². The first-order chi connectivity index (χ1) is 8.02. The summed E-state index contributed by atoms with van der Waals surface area (Å²) in [5, 5.41) is 2.84. The van der Waals surface area contributed by atoms with E-state index in [1.165, 1.54) is 0 Å². The minimum absolute atomic E-state index is 0.0339. The van der Waals surface area contributed by atoms with Crippen molar-refractivity contribution < 1.29 is 13.2 Å². The third-order valence-electron chi connectivity index (χ3n) is 3.83. The van der Waals surface area contributed by atoms with Crippen LogP contribution in [0, 0.1) is 0 Å². The van der Waals surface area contributed by atoms with Gasteiger partial charge in [0.15, 0.2) is 0 Å². The van der Waals surface area contributed by atoms with Gasteiger partial charge >= 0.3 is 6.18 Å². The molecular weight excluding hydrogens is 231 g/mol. The van der Waals surface area contributed by atoms with Gasteiger partial charge in [-0.2, -0.15) is 13.2 Å². The fourth-order valence-corrected chi connectivity index (χ4v) is 2.83. The van der Waals surface area contributed by atoms with Gasteiger partial charge in [0, 0.05) is 32.2 Å². The van der Waals surface area contributed by atoms with Crippen molar-refractivity contribution in [2.45, 2.75) is 31.6 Å². The lowest BCUT2D eigenvalue weighted by atomic mass is 10.1. The molecule has 100 valence electrons. The summed E-state index contributed by atoms with van der Waals surface area (Å²) < 4.78 is 38.8. The SMILES string of the molecule is CCN1CCC(N2CCNCC2C(F)(F)F)C1. The molecule has 6 heteroatoms. The normalized spacial score (nSPS) is 33.2. The molecule has 0 aromatic rings. The van der Waals surface area contributed by atoms with E-state index in [2.05, 4.69) is 17.1 Å². The maximum atomic E-state index is 12.9. The highest BCUT2D eigenvalue weighted by Crippen LogP contribution is 2.29. The largest absolute Gasteiger partial charge is 0.405 e. The number of likely N-dealkylation sites (tertiary alicyclic amines) is 1. The molecule has 2 fully saturated rings. The molecule has 2 heterocycles. The van der Waals surface area contributed by atoms with Gasteiger partial charge in [0.2, 0.25) is 0 Å². The maximum Gasteiger partial charge on any atom is 0.405 e. The van der Waals surface area contributed by atoms with E-state index in [9.17, 15) is 13.2 Å². The van der Waals surface area contributed by atoms with Crippen LogP contribution in [0.3, 0.4) is 0 Å². The second-order valence-electron chi connectivity index (χ2n) is 4.84. The Labute approximate surface area is 99.9 Å². The predicted molar refractivity (Wildman–Crippen MR) is 59.9 cm³/mol. The summed E-state index contributed by atoms with van der Waals surface area (Å²) in [6.45, 7) is 5.90. The molecule has 2 aliphatic heterocycles. The second-order valence-corrected chi connectivity index (χ2v) is 4.84. The van der Waals surface area contributed by atoms with Gasteiger partial charge in [-0.05, 0) is 19.5 Å². The highest BCUT2D eigenvalue weighted by atomic mass is 19.4. The third-order valence-corrected chi connectivity index (χ3v) is 3.83. The predicted octanol–water partition coefficient (Wildman–Crippen LogP) is 0.917. The highest BCUT2D eigenvalue weighted by Gasteiger charge is 2.47. The van der Waals surface area contributed by atoms with Crippen molar-refractivity contribution in [2.24, 2.45) is 0 Å². The Kier molecular flexibility index (Phi) is 3.95. The summed E-state index contributed by atoms with van der Waals surface area (Å²) in [4.78, 5) is 3.88. The summed E-state index contributed by atoms with van der Waals surface area (Å²) in [5.41, 5.74) is 0. The Morgan fingerprint density at radius 1 is 1.29 bits per heavy atom. The van der Waals surface area contributed by atoms with Crippen molar-refractivity contribution >= 4 is 0 Å². The summed E-state index contributed by atoms with van der Waals surface area (Å²) in [5.74, 6) is 0. The molecule has 0 saturated carbocycles. The fraction of sp³-hybridized carbons (Fsp3) is 1.00. The standard InChI is InChI=1S/C11H20F3N3/c1-2-16-5-3-9(8-16)17-6-4-15-7-10(17)11(12,13)14/h9-10,15H,2-8H2,1H3. The maximum absolute atomic E-state index is 12.9. The van der Waals surface area contributed by atoms with Gasteiger partial charge in [-0.3, -0.25) is 4.90 Å². The minimum Gasteiger partial charge on any atom is -0.314 e. The van der Waals surface area contributed by atoms with Gasteiger partial charge in [-0.25, -0.2) is 0 Å². The third kappa shape index (κ3) is 2.92. The van der Waals surface area contributed by atoms with E-state index in [0.29, 0.717) is 13.1 Å². The molecule has 2 rings (SSSR count). The first kappa shape index (κ1) is 13.1. The summed E-state index contributed by atoms with van der Waals surface area (Å²) in [7, 11) is 0. The zero-order valence-electron chi connectivity index (χ0n) is 10.1. The van der Waals surface area contributed by atoms with Gasteiger partial charge < -0.3 is 10.2 Å². The van der Waals surface area contributed by atoms with Crippen molar-refractivity contribution in [1.29, 1.82) is 0 Å². The summed E-state index contributed by atoms with van der Waals surface area (Å²) in [6.07, 6.45) is -3.26. The van der Waals surface area contributed by atoms with Crippen LogP contribution in [0.2, 0.25) is 0 Å². The molecule has 0 amide bonds. The van der Waals surface area contributed by atoms with Crippen LogP contribution < -0.4 is 5.32 Å². The molecule has 17 heavy (non-hydrogen) atoms. The lowest BCUT2D eigenvalue weighted by Gasteiger charge is -2.40. The first-order valence-corrected chi connectivity index (χ1v) is 6.28. The Bertz CT molecular complexity index is 257. The van der Waals surface area contributed by atoms with Crippen LogP contribution >= 0.6 is 0 Å². The van der Waals surface area contributed by atoms with Crippen molar-refractivity contribution in [3.05, 3.63) is 0 Å². The number of nitrogens with one attached hydrogen (secondary N) is 1. The lowest BCUT2D eigenvalue weighted by Crippen LogP contribution is -2.61. The van der Waals surface area contributed by atoms with E-state index < -0.39 is 12.2 Å². The molecule has 0 aliphatic carbocycles. The molecule has 3 nitrogen and oxygen atoms in total. The molecule has 2 atom stereocenters. The lowest BCUT2D eigenvalue weighted by molar-refractivity contribution is -0.192. The molecule has 1 N–H and O–H groups in total. The summed E-state index contributed by atoms with van der Waals surface area (Å²) >= 11 is 0. The highest BCUT2D eigenvalue weighted by molar-refractivity contribution is 4.93. The fourth-order valence-electron chi connectivity index (χ4n) is 2.83. The zero-order chi connectivity index (χ0) is 12.5. The van der Waals surface area contributed by atoms with E-state index in [1.54, 1.807) is 4.90 Å². The van der Waals surface area contributed by atoms with E-state index in [1.807, 2.05) is 0 Å². The monoisotopic (exact) mass is 251 g/mol. The van der Waals surface area contributed by atoms with Crippen LogP contribution in [0.25, 0.3) is 0 Å². The second kappa shape index (κ2) is 5.12. The van der Waals surface area contributed by atoms with E-state index in [0.717, 1.165) is 26.1 Å². The Morgan fingerprint density at radius 2 is 2.06 bits per heavy atom. The van der Waals surface area contributed by atoms with Crippen LogP contribution in [0.4, 0.5) is 13.2 Å². The van der Waals surface area contributed by atoms with Gasteiger partial charge in [-0.15, -0.1) is 0 Å². The van der Waals surface area contributed by atoms with Gasteiger partial charge in [0.05, 0.1) is 0 Å². The average Bonchev–Trinajstić information content (AvgIpc) is 2.76. The number of likely N-dealkylation sites (N-methyl/N-ethyl adjacent to an activating group) is 1. The van der Waals surface area contributed by atoms with Crippen molar-refractivity contribution in [1.82, 2.24) is 15.1 Å². The van der Waals surface area contributed by atoms with E-state index in [4.69, 9.17) is 0 Å². The average molecular weight is 251 g/mol. The Hall–Kier alpha value is -0.330. The van der Waals surface area contributed by atoms with Crippen LogP contribution in [-0.2, 0) is 0 Å². The van der Waals surface area contributed by atoms with E-state index in [-0.39, 0.29) is 12.6 Å². The molecule has 0 radical (unpaired) electrons. The molecule has 2 saturated heterocycles. The molecule has 0 spiro atoms. The van der Waals surface area contributed by atoms with Crippen molar-refractivity contribution in [3.8, 4) is 0 Å². The number of alkyl halides is 3. The Balaban J connectivity index is 2.02. The van der Waals surface area contributed by atoms with Crippen LogP contribution in [0.15, 0.2) is 0 Å². The van der Waals surface area contributed by atoms with Crippen molar-refractivity contribution in [3.63, 3.8) is 0 Å². The summed E-state index contributed by atoms with van der Waals surface area (Å²) in [6, 6.07) is -1.23. The van der Waals surface area contributed by atoms with Gasteiger partial charge in [0.25, 0.3) is 0 Å². The molecule has 0 aromatic heterocycles. The number of halogens is 3. The van der Waals surface area contributed by atoms with Crippen LogP contribution in [-0.4, -0.2) is 67.3 Å². The van der Waals surface area contributed by atoms with Gasteiger partial charge in [-0.1, -0.05) is 6.92 Å². The van der Waals surface area contributed by atoms with Crippen molar-refractivity contribution in [2.75, 3.05) is 39.3 Å². The topological polar surface area (TPSA) is 18.5 Å². The molecule has 2 aliphatic rings. The number of hydrogen-bond acceptors (Lipinski definition) is 3. The molecule has 0 aromatic carbocycles. The quantitative estimate of drug-likeness (QED) is 0.787. The zero-order valence-corrected chi connectivity index (χ0v) is 10.1. The van der Waals surface area contributed by atoms with Crippen LogP contribution in [0.5, 0.6) is 0 Å². The number of hydrogen-bond donors (Lipinski definition) is 1. The minimum atomic E-state index is -4.12.